The fourth-order valence-corrected chi connectivity index (χ4v) is 2.08. The molecule has 0 unspecified atom stereocenters. The number of carboxylic acid groups (broad SMARTS) is 1. The smallest absolute Gasteiger partial charge is 0.319 e. The van der Waals surface area contributed by atoms with Crippen LogP contribution in [0.4, 0.5) is 11.4 Å². The Morgan fingerprint density at radius 2 is 1.77 bits per heavy atom. The van der Waals surface area contributed by atoms with Gasteiger partial charge in [-0.3, -0.25) is 14.4 Å². The fraction of sp³-hybridized carbons (Fsp3) is 0.400. The quantitative estimate of drug-likeness (QED) is 0.681. The molecule has 1 saturated carbocycles. The summed E-state index contributed by atoms with van der Waals surface area (Å²) in [7, 11) is 3.58. The Balaban J connectivity index is 2.01. The summed E-state index contributed by atoms with van der Waals surface area (Å²) < 4.78 is 0. The third kappa shape index (κ3) is 3.62. The number of aliphatic carboxylic acids is 1. The van der Waals surface area contributed by atoms with Crippen LogP contribution in [0.5, 0.6) is 0 Å². The van der Waals surface area contributed by atoms with Crippen molar-refractivity contribution >= 4 is 29.2 Å². The number of hydrogen-bond acceptors (Lipinski definition) is 4. The Hall–Kier alpha value is -2.41. The monoisotopic (exact) mass is 305 g/mol. The van der Waals surface area contributed by atoms with Gasteiger partial charge in [-0.2, -0.15) is 0 Å². The number of nitrogens with one attached hydrogen (secondary N) is 2. The van der Waals surface area contributed by atoms with Gasteiger partial charge in [0.15, 0.2) is 0 Å². The maximum atomic E-state index is 12.0. The summed E-state index contributed by atoms with van der Waals surface area (Å²) in [5.41, 5.74) is -0.283. The molecule has 0 bridgehead atoms. The van der Waals surface area contributed by atoms with Gasteiger partial charge in [0.05, 0.1) is 6.54 Å². The lowest BCUT2D eigenvalue weighted by atomic mass is 10.1. The summed E-state index contributed by atoms with van der Waals surface area (Å²) >= 11 is 0. The average Bonchev–Trinajstić information content (AvgIpc) is 3.19. The predicted octanol–water partition coefficient (Wildman–Crippen LogP) is 0.990. The van der Waals surface area contributed by atoms with Crippen molar-refractivity contribution in [2.24, 2.45) is 5.41 Å². The first kappa shape index (κ1) is 16.0. The Labute approximate surface area is 128 Å². The molecular formula is C15H19N3O4. The van der Waals surface area contributed by atoms with E-state index in [1.54, 1.807) is 43.3 Å². The summed E-state index contributed by atoms with van der Waals surface area (Å²) in [5.74, 6) is -1.78. The van der Waals surface area contributed by atoms with Crippen molar-refractivity contribution in [3.8, 4) is 0 Å². The van der Waals surface area contributed by atoms with E-state index in [4.69, 9.17) is 5.11 Å². The molecular weight excluding hydrogens is 286 g/mol. The second kappa shape index (κ2) is 6.15. The summed E-state index contributed by atoms with van der Waals surface area (Å²) in [6, 6.07) is 6.63. The number of amides is 2. The highest BCUT2D eigenvalue weighted by atomic mass is 16.4. The van der Waals surface area contributed by atoms with E-state index in [2.05, 4.69) is 10.6 Å². The van der Waals surface area contributed by atoms with Gasteiger partial charge >= 0.3 is 5.97 Å². The minimum absolute atomic E-state index is 0.169. The third-order valence-corrected chi connectivity index (χ3v) is 3.46. The van der Waals surface area contributed by atoms with Crippen molar-refractivity contribution in [1.82, 2.24) is 4.90 Å². The normalized spacial score (nSPS) is 15.2. The first-order chi connectivity index (χ1) is 10.3. The number of rotatable bonds is 6. The standard InChI is InChI=1S/C15H19N3O4/c1-18(2)9-12(19)16-10-4-3-5-11(8-10)17-13(20)15(6-7-15)14(21)22/h3-5,8H,6-7,9H2,1-2H3,(H,16,19)(H,17,20)(H,21,22). The second-order valence-corrected chi connectivity index (χ2v) is 5.71. The van der Waals surface area contributed by atoms with Crippen molar-refractivity contribution in [1.29, 1.82) is 0 Å². The van der Waals surface area contributed by atoms with Crippen LogP contribution in [0.25, 0.3) is 0 Å². The molecule has 0 saturated heterocycles. The number of likely N-dealkylation sites (N-methyl/N-ethyl adjacent to an activating group) is 1. The molecule has 0 aromatic heterocycles. The highest BCUT2D eigenvalue weighted by Crippen LogP contribution is 2.46. The molecule has 0 aliphatic heterocycles. The highest BCUT2D eigenvalue weighted by Gasteiger charge is 2.57. The number of hydrogen-bond donors (Lipinski definition) is 3. The zero-order chi connectivity index (χ0) is 16.3. The largest absolute Gasteiger partial charge is 0.480 e. The van der Waals surface area contributed by atoms with E-state index in [1.165, 1.54) is 0 Å². The molecule has 7 heteroatoms. The van der Waals surface area contributed by atoms with Crippen molar-refractivity contribution in [2.45, 2.75) is 12.8 Å². The molecule has 0 heterocycles. The maximum Gasteiger partial charge on any atom is 0.319 e. The molecule has 1 aliphatic rings. The SMILES string of the molecule is CN(C)CC(=O)Nc1cccc(NC(=O)C2(C(=O)O)CC2)c1. The summed E-state index contributed by atoms with van der Waals surface area (Å²) in [4.78, 5) is 36.6. The third-order valence-electron chi connectivity index (χ3n) is 3.46. The van der Waals surface area contributed by atoms with Crippen LogP contribution in [0.3, 0.4) is 0 Å². The number of benzene rings is 1. The molecule has 22 heavy (non-hydrogen) atoms. The van der Waals surface area contributed by atoms with E-state index in [-0.39, 0.29) is 12.5 Å². The number of carbonyl (C=O) groups is 3. The zero-order valence-corrected chi connectivity index (χ0v) is 12.5. The zero-order valence-electron chi connectivity index (χ0n) is 12.5. The number of anilines is 2. The van der Waals surface area contributed by atoms with E-state index in [9.17, 15) is 14.4 Å². The van der Waals surface area contributed by atoms with Crippen molar-refractivity contribution in [3.63, 3.8) is 0 Å². The molecule has 0 radical (unpaired) electrons. The molecule has 0 spiro atoms. The van der Waals surface area contributed by atoms with Crippen LogP contribution in [0.15, 0.2) is 24.3 Å². The lowest BCUT2D eigenvalue weighted by Gasteiger charge is -2.13. The number of nitrogens with zero attached hydrogens (tertiary/aromatic N) is 1. The van der Waals surface area contributed by atoms with Gasteiger partial charge in [0.2, 0.25) is 11.8 Å². The summed E-state index contributed by atoms with van der Waals surface area (Å²) in [6.07, 6.45) is 0.709. The van der Waals surface area contributed by atoms with Gasteiger partial charge < -0.3 is 20.6 Å². The molecule has 2 rings (SSSR count). The highest BCUT2D eigenvalue weighted by molar-refractivity contribution is 6.11. The second-order valence-electron chi connectivity index (χ2n) is 5.71. The first-order valence-electron chi connectivity index (χ1n) is 6.93. The van der Waals surface area contributed by atoms with Gasteiger partial charge in [0.25, 0.3) is 0 Å². The maximum absolute atomic E-state index is 12.0. The van der Waals surface area contributed by atoms with Gasteiger partial charge in [-0.15, -0.1) is 0 Å². The Kier molecular flexibility index (Phi) is 4.46. The topological polar surface area (TPSA) is 98.7 Å². The van der Waals surface area contributed by atoms with E-state index >= 15 is 0 Å². The van der Waals surface area contributed by atoms with E-state index in [0.717, 1.165) is 0 Å². The van der Waals surface area contributed by atoms with Crippen LogP contribution in [0, 0.1) is 5.41 Å². The van der Waals surface area contributed by atoms with Gasteiger partial charge in [-0.25, -0.2) is 0 Å². The van der Waals surface area contributed by atoms with Crippen molar-refractivity contribution < 1.29 is 19.5 Å². The first-order valence-corrected chi connectivity index (χ1v) is 6.93. The van der Waals surface area contributed by atoms with Crippen LogP contribution in [0.2, 0.25) is 0 Å². The van der Waals surface area contributed by atoms with Crippen molar-refractivity contribution in [3.05, 3.63) is 24.3 Å². The lowest BCUT2D eigenvalue weighted by Crippen LogP contribution is -2.31. The van der Waals surface area contributed by atoms with Crippen LogP contribution >= 0.6 is 0 Å². The molecule has 0 atom stereocenters. The van der Waals surface area contributed by atoms with Gasteiger partial charge in [0.1, 0.15) is 5.41 Å². The minimum Gasteiger partial charge on any atom is -0.480 e. The molecule has 3 N–H and O–H groups in total. The van der Waals surface area contributed by atoms with Crippen LogP contribution in [0.1, 0.15) is 12.8 Å². The Bertz CT molecular complexity index is 609. The van der Waals surface area contributed by atoms with Crippen LogP contribution < -0.4 is 10.6 Å². The van der Waals surface area contributed by atoms with E-state index in [1.807, 2.05) is 0 Å². The van der Waals surface area contributed by atoms with Crippen molar-refractivity contribution in [2.75, 3.05) is 31.3 Å². The molecule has 1 aliphatic carbocycles. The van der Waals surface area contributed by atoms with Gasteiger partial charge in [0, 0.05) is 11.4 Å². The predicted molar refractivity (Wildman–Crippen MR) is 81.6 cm³/mol. The molecule has 118 valence electrons. The fourth-order valence-electron chi connectivity index (χ4n) is 2.08. The van der Waals surface area contributed by atoms with E-state index in [0.29, 0.717) is 24.2 Å². The minimum atomic E-state index is -1.29. The van der Waals surface area contributed by atoms with E-state index < -0.39 is 17.3 Å². The van der Waals surface area contributed by atoms with Gasteiger partial charge in [-0.1, -0.05) is 6.07 Å². The average molecular weight is 305 g/mol. The molecule has 1 aromatic rings. The summed E-state index contributed by atoms with van der Waals surface area (Å²) in [6.45, 7) is 0.249. The number of carboxylic acids is 1. The Morgan fingerprint density at radius 3 is 2.27 bits per heavy atom. The number of carbonyl (C=O) groups excluding carboxylic acids is 2. The van der Waals surface area contributed by atoms with Gasteiger partial charge in [-0.05, 0) is 45.1 Å². The van der Waals surface area contributed by atoms with Crippen LogP contribution in [-0.4, -0.2) is 48.4 Å². The van der Waals surface area contributed by atoms with Crippen LogP contribution in [-0.2, 0) is 14.4 Å². The molecule has 1 aromatic carbocycles. The molecule has 1 fully saturated rings. The Morgan fingerprint density at radius 1 is 1.18 bits per heavy atom. The summed E-state index contributed by atoms with van der Waals surface area (Å²) in [5, 5.41) is 14.4. The molecule has 7 nitrogen and oxygen atoms in total. The lowest BCUT2D eigenvalue weighted by molar-refractivity contribution is -0.147. The molecule has 2 amide bonds.